The predicted molar refractivity (Wildman–Crippen MR) is 95.4 cm³/mol. The zero-order valence-electron chi connectivity index (χ0n) is 15.3. The number of hydrogen-bond donors (Lipinski definition) is 1. The molecule has 1 N–H and O–H groups in total. The van der Waals surface area contributed by atoms with Gasteiger partial charge in [0.2, 0.25) is 5.91 Å². The number of carbonyl (C=O) groups is 2. The molecular formula is C19H26FN3O3. The van der Waals surface area contributed by atoms with Gasteiger partial charge in [0, 0.05) is 44.9 Å². The van der Waals surface area contributed by atoms with E-state index in [4.69, 9.17) is 4.74 Å². The first-order chi connectivity index (χ1) is 12.4. The molecule has 2 saturated heterocycles. The Labute approximate surface area is 153 Å². The number of hydrogen-bond acceptors (Lipinski definition) is 3. The highest BCUT2D eigenvalue weighted by molar-refractivity contribution is 5.82. The molecule has 7 heteroatoms. The van der Waals surface area contributed by atoms with Crippen molar-refractivity contribution in [2.45, 2.75) is 51.3 Å². The highest BCUT2D eigenvalue weighted by Gasteiger charge is 2.33. The van der Waals surface area contributed by atoms with Crippen LogP contribution in [0.1, 0.15) is 33.1 Å². The third-order valence-electron chi connectivity index (χ3n) is 4.97. The first kappa shape index (κ1) is 18.5. The van der Waals surface area contributed by atoms with E-state index in [2.05, 4.69) is 5.32 Å². The Morgan fingerprint density at radius 1 is 1.27 bits per heavy atom. The third kappa shape index (κ3) is 4.26. The molecule has 1 atom stereocenters. The fraction of sp³-hybridized carbons (Fsp3) is 0.579. The van der Waals surface area contributed by atoms with Crippen molar-refractivity contribution in [3.8, 4) is 5.75 Å². The maximum absolute atomic E-state index is 13.7. The minimum atomic E-state index is -0.367. The normalized spacial score (nSPS) is 21.4. The summed E-state index contributed by atoms with van der Waals surface area (Å²) in [5.74, 6) is -0.0239. The quantitative estimate of drug-likeness (QED) is 0.893. The van der Waals surface area contributed by atoms with E-state index in [1.807, 2.05) is 13.8 Å². The first-order valence-corrected chi connectivity index (χ1v) is 9.20. The van der Waals surface area contributed by atoms with Gasteiger partial charge in [0.1, 0.15) is 6.10 Å². The zero-order chi connectivity index (χ0) is 18.7. The molecule has 2 aliphatic rings. The van der Waals surface area contributed by atoms with Gasteiger partial charge in [-0.05, 0) is 26.0 Å². The van der Waals surface area contributed by atoms with Gasteiger partial charge in [-0.25, -0.2) is 9.18 Å². The van der Waals surface area contributed by atoms with E-state index in [-0.39, 0.29) is 41.7 Å². The van der Waals surface area contributed by atoms with Crippen LogP contribution in [-0.4, -0.2) is 59.6 Å². The summed E-state index contributed by atoms with van der Waals surface area (Å²) < 4.78 is 19.4. The average Bonchev–Trinajstić information content (AvgIpc) is 2.98. The Morgan fingerprint density at radius 2 is 1.96 bits per heavy atom. The number of ether oxygens (including phenoxy) is 1. The van der Waals surface area contributed by atoms with Crippen LogP contribution in [-0.2, 0) is 4.79 Å². The van der Waals surface area contributed by atoms with Gasteiger partial charge in [-0.3, -0.25) is 4.79 Å². The molecule has 0 aliphatic carbocycles. The van der Waals surface area contributed by atoms with Crippen LogP contribution in [0, 0.1) is 5.82 Å². The second kappa shape index (κ2) is 7.93. The number of benzene rings is 1. The molecule has 3 amide bonds. The van der Waals surface area contributed by atoms with Crippen molar-refractivity contribution in [1.82, 2.24) is 15.1 Å². The number of amides is 3. The lowest BCUT2D eigenvalue weighted by atomic mass is 10.1. The number of nitrogens with one attached hydrogen (secondary N) is 1. The van der Waals surface area contributed by atoms with Crippen molar-refractivity contribution >= 4 is 11.9 Å². The third-order valence-corrected chi connectivity index (χ3v) is 4.97. The summed E-state index contributed by atoms with van der Waals surface area (Å²) in [6.07, 6.45) is 1.57. The standard InChI is InChI=1S/C19H26FN3O3/c1-13(2)23-12-14(11-18(23)24)21-19(25)22-9-7-15(8-10-22)26-17-6-4-3-5-16(17)20/h3-6,13-15H,7-12H2,1-2H3,(H,21,25). The molecule has 0 saturated carbocycles. The number of halogens is 1. The smallest absolute Gasteiger partial charge is 0.317 e. The number of nitrogens with zero attached hydrogens (tertiary/aromatic N) is 2. The van der Waals surface area contributed by atoms with Crippen LogP contribution in [0.15, 0.2) is 24.3 Å². The van der Waals surface area contributed by atoms with E-state index in [1.54, 1.807) is 28.0 Å². The molecule has 1 aromatic carbocycles. The second-order valence-corrected chi connectivity index (χ2v) is 7.23. The molecule has 1 unspecified atom stereocenters. The van der Waals surface area contributed by atoms with Crippen LogP contribution in [0.5, 0.6) is 5.75 Å². The molecule has 1 aromatic rings. The summed E-state index contributed by atoms with van der Waals surface area (Å²) >= 11 is 0. The van der Waals surface area contributed by atoms with Crippen molar-refractivity contribution in [2.24, 2.45) is 0 Å². The highest BCUT2D eigenvalue weighted by atomic mass is 19.1. The molecule has 0 radical (unpaired) electrons. The molecule has 26 heavy (non-hydrogen) atoms. The lowest BCUT2D eigenvalue weighted by molar-refractivity contribution is -0.129. The summed E-state index contributed by atoms with van der Waals surface area (Å²) in [6.45, 7) is 5.62. The van der Waals surface area contributed by atoms with Crippen molar-refractivity contribution in [2.75, 3.05) is 19.6 Å². The Morgan fingerprint density at radius 3 is 2.58 bits per heavy atom. The van der Waals surface area contributed by atoms with Crippen LogP contribution >= 0.6 is 0 Å². The van der Waals surface area contributed by atoms with Crippen molar-refractivity contribution in [3.63, 3.8) is 0 Å². The van der Waals surface area contributed by atoms with Crippen molar-refractivity contribution < 1.29 is 18.7 Å². The summed E-state index contributed by atoms with van der Waals surface area (Å²) in [7, 11) is 0. The van der Waals surface area contributed by atoms with E-state index in [1.165, 1.54) is 6.07 Å². The van der Waals surface area contributed by atoms with Gasteiger partial charge in [0.25, 0.3) is 0 Å². The van der Waals surface area contributed by atoms with Crippen LogP contribution in [0.3, 0.4) is 0 Å². The van der Waals surface area contributed by atoms with Gasteiger partial charge < -0.3 is 19.9 Å². The molecule has 2 aliphatic heterocycles. The van der Waals surface area contributed by atoms with Gasteiger partial charge in [0.05, 0.1) is 6.04 Å². The van der Waals surface area contributed by atoms with Crippen LogP contribution in [0.25, 0.3) is 0 Å². The van der Waals surface area contributed by atoms with Crippen LogP contribution < -0.4 is 10.1 Å². The lowest BCUT2D eigenvalue weighted by Gasteiger charge is -2.33. The van der Waals surface area contributed by atoms with Crippen LogP contribution in [0.4, 0.5) is 9.18 Å². The molecule has 2 fully saturated rings. The number of urea groups is 1. The molecular weight excluding hydrogens is 337 g/mol. The Hall–Kier alpha value is -2.31. The van der Waals surface area contributed by atoms with E-state index in [0.29, 0.717) is 38.9 Å². The summed E-state index contributed by atoms with van der Waals surface area (Å²) in [6, 6.07) is 6.24. The fourth-order valence-electron chi connectivity index (χ4n) is 3.49. The monoisotopic (exact) mass is 363 g/mol. The largest absolute Gasteiger partial charge is 0.487 e. The SMILES string of the molecule is CC(C)N1CC(NC(=O)N2CCC(Oc3ccccc3F)CC2)CC1=O. The number of rotatable bonds is 4. The number of para-hydroxylation sites is 1. The predicted octanol–water partition coefficient (Wildman–Crippen LogP) is 2.39. The number of likely N-dealkylation sites (tertiary alicyclic amines) is 2. The molecule has 6 nitrogen and oxygen atoms in total. The molecule has 2 heterocycles. The molecule has 0 bridgehead atoms. The van der Waals surface area contributed by atoms with E-state index >= 15 is 0 Å². The topological polar surface area (TPSA) is 61.9 Å². The van der Waals surface area contributed by atoms with Crippen molar-refractivity contribution in [1.29, 1.82) is 0 Å². The van der Waals surface area contributed by atoms with Gasteiger partial charge in [-0.1, -0.05) is 12.1 Å². The minimum Gasteiger partial charge on any atom is -0.487 e. The number of carbonyl (C=O) groups excluding carboxylic acids is 2. The first-order valence-electron chi connectivity index (χ1n) is 9.20. The van der Waals surface area contributed by atoms with Gasteiger partial charge in [-0.15, -0.1) is 0 Å². The van der Waals surface area contributed by atoms with Crippen molar-refractivity contribution in [3.05, 3.63) is 30.1 Å². The molecule has 142 valence electrons. The van der Waals surface area contributed by atoms with Gasteiger partial charge in [-0.2, -0.15) is 0 Å². The molecule has 3 rings (SSSR count). The lowest BCUT2D eigenvalue weighted by Crippen LogP contribution is -2.50. The van der Waals surface area contributed by atoms with Gasteiger partial charge >= 0.3 is 6.03 Å². The van der Waals surface area contributed by atoms with Gasteiger partial charge in [0.15, 0.2) is 11.6 Å². The zero-order valence-corrected chi connectivity index (χ0v) is 15.3. The minimum absolute atomic E-state index is 0.0855. The maximum atomic E-state index is 13.7. The fourth-order valence-corrected chi connectivity index (χ4v) is 3.49. The van der Waals surface area contributed by atoms with Crippen LogP contribution in [0.2, 0.25) is 0 Å². The summed E-state index contributed by atoms with van der Waals surface area (Å²) in [4.78, 5) is 27.9. The highest BCUT2D eigenvalue weighted by Crippen LogP contribution is 2.22. The van der Waals surface area contributed by atoms with E-state index in [0.717, 1.165) is 0 Å². The average molecular weight is 363 g/mol. The second-order valence-electron chi connectivity index (χ2n) is 7.23. The Bertz CT molecular complexity index is 659. The van der Waals surface area contributed by atoms with E-state index in [9.17, 15) is 14.0 Å². The maximum Gasteiger partial charge on any atom is 0.317 e. The Balaban J connectivity index is 1.45. The Kier molecular flexibility index (Phi) is 5.64. The molecule has 0 aromatic heterocycles. The summed E-state index contributed by atoms with van der Waals surface area (Å²) in [5.41, 5.74) is 0. The number of piperidine rings is 1. The molecule has 0 spiro atoms. The summed E-state index contributed by atoms with van der Waals surface area (Å²) in [5, 5.41) is 2.96. The van der Waals surface area contributed by atoms with E-state index < -0.39 is 0 Å².